The lowest BCUT2D eigenvalue weighted by Crippen LogP contribution is -2.46. The number of hydrogen-bond donors (Lipinski definition) is 3. The number of aromatic hydroxyl groups is 1. The van der Waals surface area contributed by atoms with Gasteiger partial charge in [-0.1, -0.05) is 45.6 Å². The van der Waals surface area contributed by atoms with Crippen molar-refractivity contribution in [1.82, 2.24) is 0 Å². The second-order valence-electron chi connectivity index (χ2n) is 9.83. The van der Waals surface area contributed by atoms with Crippen LogP contribution in [0.1, 0.15) is 89.7 Å². The van der Waals surface area contributed by atoms with Crippen molar-refractivity contribution < 1.29 is 24.9 Å². The maximum atomic E-state index is 11.6. The number of fused-ring (bicyclic) bond motifs is 3. The van der Waals surface area contributed by atoms with Crippen molar-refractivity contribution in [2.24, 2.45) is 5.92 Å². The summed E-state index contributed by atoms with van der Waals surface area (Å²) < 4.78 is 6.37. The Balaban J connectivity index is 1.98. The van der Waals surface area contributed by atoms with Crippen molar-refractivity contribution in [2.45, 2.75) is 89.6 Å². The minimum absolute atomic E-state index is 0.00129. The molecule has 0 unspecified atom stereocenters. The quantitative estimate of drug-likeness (QED) is 0.501. The molecule has 0 spiro atoms. The van der Waals surface area contributed by atoms with Crippen molar-refractivity contribution in [3.8, 4) is 11.5 Å². The number of aliphatic hydroxyl groups is 1. The van der Waals surface area contributed by atoms with Gasteiger partial charge in [-0.05, 0) is 50.8 Å². The zero-order valence-electron chi connectivity index (χ0n) is 18.7. The number of carboxylic acid groups (broad SMARTS) is 1. The number of benzene rings is 1. The zero-order valence-corrected chi connectivity index (χ0v) is 18.7. The molecule has 0 amide bonds. The van der Waals surface area contributed by atoms with Crippen molar-refractivity contribution in [2.75, 3.05) is 6.61 Å². The van der Waals surface area contributed by atoms with E-state index in [2.05, 4.69) is 6.92 Å². The monoisotopic (exact) mass is 416 g/mol. The van der Waals surface area contributed by atoms with Gasteiger partial charge in [-0.25, -0.2) is 4.79 Å². The predicted molar refractivity (Wildman–Crippen MR) is 117 cm³/mol. The van der Waals surface area contributed by atoms with Crippen LogP contribution in [0.5, 0.6) is 11.5 Å². The smallest absolute Gasteiger partial charge is 0.331 e. The molecule has 0 saturated carbocycles. The molecule has 1 heterocycles. The maximum absolute atomic E-state index is 11.6. The number of aliphatic carboxylic acids is 1. The molecule has 0 bridgehead atoms. The van der Waals surface area contributed by atoms with Gasteiger partial charge in [-0.2, -0.15) is 0 Å². The van der Waals surface area contributed by atoms with E-state index in [1.807, 2.05) is 26.8 Å². The molecule has 30 heavy (non-hydrogen) atoms. The molecule has 3 N–H and O–H groups in total. The molecule has 0 fully saturated rings. The molecule has 2 aliphatic rings. The maximum Gasteiger partial charge on any atom is 0.331 e. The van der Waals surface area contributed by atoms with Crippen LogP contribution in [0.3, 0.4) is 0 Å². The number of aliphatic hydroxyl groups excluding tert-OH is 1. The molecule has 1 aromatic carbocycles. The Morgan fingerprint density at radius 3 is 2.63 bits per heavy atom. The highest BCUT2D eigenvalue weighted by Gasteiger charge is 2.47. The Kier molecular flexibility index (Phi) is 6.51. The Morgan fingerprint density at radius 2 is 2.00 bits per heavy atom. The molecule has 3 rings (SSSR count). The fraction of sp³-hybridized carbons (Fsp3) is 0.640. The minimum atomic E-state index is -0.893. The molecule has 0 aromatic heterocycles. The molecule has 1 aliphatic carbocycles. The molecular weight excluding hydrogens is 380 g/mol. The third-order valence-corrected chi connectivity index (χ3v) is 7.20. The summed E-state index contributed by atoms with van der Waals surface area (Å²) in [5, 5.41) is 30.7. The lowest BCUT2D eigenvalue weighted by Gasteiger charge is -2.47. The predicted octanol–water partition coefficient (Wildman–Crippen LogP) is 5.29. The highest BCUT2D eigenvalue weighted by Crippen LogP contribution is 2.55. The summed E-state index contributed by atoms with van der Waals surface area (Å²) in [7, 11) is 0. The molecule has 0 saturated heterocycles. The Hall–Kier alpha value is -2.01. The molecule has 5 heteroatoms. The molecule has 5 nitrogen and oxygen atoms in total. The first-order chi connectivity index (χ1) is 14.1. The van der Waals surface area contributed by atoms with E-state index >= 15 is 0 Å². The van der Waals surface area contributed by atoms with Crippen LogP contribution in [0.15, 0.2) is 23.8 Å². The first-order valence-corrected chi connectivity index (χ1v) is 11.2. The average molecular weight is 417 g/mol. The van der Waals surface area contributed by atoms with Gasteiger partial charge in [0.2, 0.25) is 0 Å². The standard InChI is InChI=1S/C25H36O5/c1-5-6-7-8-11-25(4,15-26)17-13-20(27)22-18-12-16(23(28)29)9-10-19(18)24(2,3)30-21(22)14-17/h9,13-14,18-19,26-27H,5-8,10-12,15H2,1-4H3,(H,28,29)/t18-,19-,25+/m1/s1. The summed E-state index contributed by atoms with van der Waals surface area (Å²) in [5.74, 6) is -0.124. The van der Waals surface area contributed by atoms with Crippen molar-refractivity contribution in [3.63, 3.8) is 0 Å². The highest BCUT2D eigenvalue weighted by atomic mass is 16.5. The fourth-order valence-electron chi connectivity index (χ4n) is 5.18. The van der Waals surface area contributed by atoms with Gasteiger partial charge in [-0.15, -0.1) is 0 Å². The summed E-state index contributed by atoms with van der Waals surface area (Å²) >= 11 is 0. The lowest BCUT2D eigenvalue weighted by atomic mass is 9.66. The third-order valence-electron chi connectivity index (χ3n) is 7.20. The fourth-order valence-corrected chi connectivity index (χ4v) is 5.18. The van der Waals surface area contributed by atoms with Gasteiger partial charge in [0.1, 0.15) is 17.1 Å². The van der Waals surface area contributed by atoms with Gasteiger partial charge in [0.05, 0.1) is 6.61 Å². The number of rotatable bonds is 8. The molecule has 1 aliphatic heterocycles. The van der Waals surface area contributed by atoms with Crippen LogP contribution in [0.25, 0.3) is 0 Å². The average Bonchev–Trinajstić information content (AvgIpc) is 2.69. The number of phenolic OH excluding ortho intramolecular Hbond substituents is 1. The molecular formula is C25H36O5. The molecule has 166 valence electrons. The van der Waals surface area contributed by atoms with Gasteiger partial charge in [0.25, 0.3) is 0 Å². The van der Waals surface area contributed by atoms with Crippen molar-refractivity contribution in [1.29, 1.82) is 0 Å². The first kappa shape index (κ1) is 22.7. The van der Waals surface area contributed by atoms with Crippen LogP contribution >= 0.6 is 0 Å². The Labute approximate surface area is 179 Å². The first-order valence-electron chi connectivity index (χ1n) is 11.2. The Bertz CT molecular complexity index is 825. The van der Waals surface area contributed by atoms with E-state index in [1.165, 1.54) is 6.42 Å². The second kappa shape index (κ2) is 8.62. The summed E-state index contributed by atoms with van der Waals surface area (Å²) in [5.41, 5.74) is 1.06. The van der Waals surface area contributed by atoms with Gasteiger partial charge < -0.3 is 20.1 Å². The van der Waals surface area contributed by atoms with E-state index in [4.69, 9.17) is 4.74 Å². The number of ether oxygens (including phenoxy) is 1. The Morgan fingerprint density at radius 1 is 1.27 bits per heavy atom. The largest absolute Gasteiger partial charge is 0.508 e. The van der Waals surface area contributed by atoms with E-state index in [0.29, 0.717) is 29.7 Å². The van der Waals surface area contributed by atoms with Crippen LogP contribution < -0.4 is 4.74 Å². The number of unbranched alkanes of at least 4 members (excludes halogenated alkanes) is 3. The van der Waals surface area contributed by atoms with Crippen LogP contribution in [0, 0.1) is 5.92 Å². The van der Waals surface area contributed by atoms with Crippen LogP contribution in [0.2, 0.25) is 0 Å². The van der Waals surface area contributed by atoms with Crippen LogP contribution in [0.4, 0.5) is 0 Å². The topological polar surface area (TPSA) is 87.0 Å². The van der Waals surface area contributed by atoms with E-state index < -0.39 is 17.0 Å². The van der Waals surface area contributed by atoms with E-state index in [1.54, 1.807) is 12.1 Å². The number of allylic oxidation sites excluding steroid dienone is 1. The summed E-state index contributed by atoms with van der Waals surface area (Å²) in [6, 6.07) is 3.72. The summed E-state index contributed by atoms with van der Waals surface area (Å²) in [4.78, 5) is 11.6. The SMILES string of the molecule is CCCCCC[C@@](C)(CO)c1cc(O)c2c(c1)OC(C)(C)[C@@H]1CC=C(C(=O)O)C[C@@H]21. The number of hydrogen-bond acceptors (Lipinski definition) is 4. The minimum Gasteiger partial charge on any atom is -0.508 e. The van der Waals surface area contributed by atoms with Gasteiger partial charge in [-0.3, -0.25) is 0 Å². The van der Waals surface area contributed by atoms with E-state index in [9.17, 15) is 20.1 Å². The number of phenols is 1. The highest BCUT2D eigenvalue weighted by molar-refractivity contribution is 5.87. The summed E-state index contributed by atoms with van der Waals surface area (Å²) in [6.07, 6.45) is 8.12. The van der Waals surface area contributed by atoms with Gasteiger partial charge in [0.15, 0.2) is 0 Å². The van der Waals surface area contributed by atoms with Crippen molar-refractivity contribution in [3.05, 3.63) is 34.9 Å². The summed E-state index contributed by atoms with van der Waals surface area (Å²) in [6.45, 7) is 8.27. The second-order valence-corrected chi connectivity index (χ2v) is 9.83. The number of carboxylic acids is 1. The molecule has 0 radical (unpaired) electrons. The molecule has 3 atom stereocenters. The van der Waals surface area contributed by atoms with Crippen molar-refractivity contribution >= 4 is 5.97 Å². The van der Waals surface area contributed by atoms with Gasteiger partial charge in [0, 0.05) is 28.4 Å². The zero-order chi connectivity index (χ0) is 22.1. The third kappa shape index (κ3) is 4.22. The van der Waals surface area contributed by atoms with Gasteiger partial charge >= 0.3 is 5.97 Å². The molecule has 1 aromatic rings. The lowest BCUT2D eigenvalue weighted by molar-refractivity contribution is -0.133. The van der Waals surface area contributed by atoms with E-state index in [-0.39, 0.29) is 24.2 Å². The normalized spacial score (nSPS) is 24.1. The van der Waals surface area contributed by atoms with E-state index in [0.717, 1.165) is 31.2 Å². The number of carbonyl (C=O) groups is 1. The van der Waals surface area contributed by atoms with Crippen LogP contribution in [-0.4, -0.2) is 33.5 Å². The van der Waals surface area contributed by atoms with Crippen LogP contribution in [-0.2, 0) is 10.2 Å².